The van der Waals surface area contributed by atoms with Crippen LogP contribution in [0.25, 0.3) is 0 Å². The van der Waals surface area contributed by atoms with Crippen LogP contribution < -0.4 is 16.0 Å². The molecule has 0 unspecified atom stereocenters. The van der Waals surface area contributed by atoms with E-state index in [0.29, 0.717) is 11.3 Å². The second-order valence-corrected chi connectivity index (χ2v) is 4.93. The Balaban J connectivity index is 1.96. The smallest absolute Gasteiger partial charge is 0.255 e. The van der Waals surface area contributed by atoms with E-state index in [0.717, 1.165) is 11.3 Å². The second kappa shape index (κ2) is 7.26. The SMILES string of the molecule is CNC(=O)CNc1ccc(NC(=O)c2cccc(C)c2)cc1. The van der Waals surface area contributed by atoms with Crippen molar-refractivity contribution in [2.45, 2.75) is 6.92 Å². The average molecular weight is 297 g/mol. The molecule has 0 aromatic heterocycles. The van der Waals surface area contributed by atoms with Gasteiger partial charge in [-0.1, -0.05) is 17.7 Å². The van der Waals surface area contributed by atoms with Crippen LogP contribution in [0.5, 0.6) is 0 Å². The summed E-state index contributed by atoms with van der Waals surface area (Å²) >= 11 is 0. The molecule has 114 valence electrons. The summed E-state index contributed by atoms with van der Waals surface area (Å²) in [6.45, 7) is 2.16. The van der Waals surface area contributed by atoms with Crippen LogP contribution >= 0.6 is 0 Å². The quantitative estimate of drug-likeness (QED) is 0.793. The van der Waals surface area contributed by atoms with Gasteiger partial charge in [0, 0.05) is 24.0 Å². The number of carbonyl (C=O) groups excluding carboxylic acids is 2. The molecule has 0 saturated heterocycles. The Morgan fingerprint density at radius 3 is 2.32 bits per heavy atom. The lowest BCUT2D eigenvalue weighted by Crippen LogP contribution is -2.26. The normalized spacial score (nSPS) is 9.91. The highest BCUT2D eigenvalue weighted by Gasteiger charge is 2.06. The molecule has 2 rings (SSSR count). The van der Waals surface area contributed by atoms with E-state index in [1.165, 1.54) is 0 Å². The minimum Gasteiger partial charge on any atom is -0.376 e. The van der Waals surface area contributed by atoms with Gasteiger partial charge in [0.25, 0.3) is 5.91 Å². The predicted octanol–water partition coefficient (Wildman–Crippen LogP) is 2.41. The van der Waals surface area contributed by atoms with E-state index in [-0.39, 0.29) is 18.4 Å². The van der Waals surface area contributed by atoms with Gasteiger partial charge in [-0.3, -0.25) is 9.59 Å². The molecule has 22 heavy (non-hydrogen) atoms. The molecule has 5 nitrogen and oxygen atoms in total. The van der Waals surface area contributed by atoms with Gasteiger partial charge in [0.05, 0.1) is 6.54 Å². The van der Waals surface area contributed by atoms with Gasteiger partial charge in [0.2, 0.25) is 5.91 Å². The summed E-state index contributed by atoms with van der Waals surface area (Å²) in [5, 5.41) is 8.37. The molecule has 5 heteroatoms. The maximum atomic E-state index is 12.1. The second-order valence-electron chi connectivity index (χ2n) is 4.93. The van der Waals surface area contributed by atoms with E-state index in [2.05, 4.69) is 16.0 Å². The van der Waals surface area contributed by atoms with E-state index in [4.69, 9.17) is 0 Å². The first kappa shape index (κ1) is 15.6. The summed E-state index contributed by atoms with van der Waals surface area (Å²) < 4.78 is 0. The molecular formula is C17H19N3O2. The fourth-order valence-electron chi connectivity index (χ4n) is 1.93. The summed E-state index contributed by atoms with van der Waals surface area (Å²) in [4.78, 5) is 23.3. The zero-order valence-corrected chi connectivity index (χ0v) is 12.6. The van der Waals surface area contributed by atoms with E-state index < -0.39 is 0 Å². The van der Waals surface area contributed by atoms with Crippen molar-refractivity contribution in [3.8, 4) is 0 Å². The van der Waals surface area contributed by atoms with Gasteiger partial charge in [-0.15, -0.1) is 0 Å². The Hall–Kier alpha value is -2.82. The number of hydrogen-bond donors (Lipinski definition) is 3. The van der Waals surface area contributed by atoms with Crippen LogP contribution in [0.3, 0.4) is 0 Å². The molecular weight excluding hydrogens is 278 g/mol. The van der Waals surface area contributed by atoms with Crippen LogP contribution in [0, 0.1) is 6.92 Å². The molecule has 0 saturated carbocycles. The van der Waals surface area contributed by atoms with Crippen LogP contribution in [0.1, 0.15) is 15.9 Å². The summed E-state index contributed by atoms with van der Waals surface area (Å²) in [6.07, 6.45) is 0. The lowest BCUT2D eigenvalue weighted by molar-refractivity contribution is -0.118. The summed E-state index contributed by atoms with van der Waals surface area (Å²) in [5.74, 6) is -0.230. The van der Waals surface area contributed by atoms with Gasteiger partial charge >= 0.3 is 0 Å². The number of rotatable bonds is 5. The van der Waals surface area contributed by atoms with E-state index in [9.17, 15) is 9.59 Å². The molecule has 3 N–H and O–H groups in total. The monoisotopic (exact) mass is 297 g/mol. The minimum absolute atomic E-state index is 0.0863. The Bertz CT molecular complexity index is 666. The highest BCUT2D eigenvalue weighted by molar-refractivity contribution is 6.04. The number of nitrogens with one attached hydrogen (secondary N) is 3. The van der Waals surface area contributed by atoms with E-state index in [1.807, 2.05) is 37.3 Å². The molecule has 2 aromatic carbocycles. The minimum atomic E-state index is -0.144. The molecule has 0 heterocycles. The Morgan fingerprint density at radius 1 is 1.00 bits per heavy atom. The molecule has 0 aliphatic heterocycles. The van der Waals surface area contributed by atoms with Crippen molar-refractivity contribution < 1.29 is 9.59 Å². The van der Waals surface area contributed by atoms with Crippen LogP contribution in [-0.4, -0.2) is 25.4 Å². The van der Waals surface area contributed by atoms with Crippen molar-refractivity contribution in [1.29, 1.82) is 0 Å². The van der Waals surface area contributed by atoms with E-state index >= 15 is 0 Å². The maximum Gasteiger partial charge on any atom is 0.255 e. The average Bonchev–Trinajstić information content (AvgIpc) is 2.53. The highest BCUT2D eigenvalue weighted by Crippen LogP contribution is 2.15. The van der Waals surface area contributed by atoms with Gasteiger partial charge in [-0.2, -0.15) is 0 Å². The number of aryl methyl sites for hydroxylation is 1. The van der Waals surface area contributed by atoms with Gasteiger partial charge in [0.15, 0.2) is 0 Å². The molecule has 2 aromatic rings. The van der Waals surface area contributed by atoms with Crippen LogP contribution in [0.15, 0.2) is 48.5 Å². The van der Waals surface area contributed by atoms with Gasteiger partial charge in [-0.05, 0) is 43.3 Å². The van der Waals surface area contributed by atoms with E-state index in [1.54, 1.807) is 25.2 Å². The third-order valence-electron chi connectivity index (χ3n) is 3.15. The van der Waals surface area contributed by atoms with Crippen molar-refractivity contribution in [2.24, 2.45) is 0 Å². The molecule has 2 amide bonds. The summed E-state index contributed by atoms with van der Waals surface area (Å²) in [5.41, 5.74) is 3.19. The maximum absolute atomic E-state index is 12.1. The summed E-state index contributed by atoms with van der Waals surface area (Å²) in [6, 6.07) is 14.6. The Kier molecular flexibility index (Phi) is 5.14. The first-order chi connectivity index (χ1) is 10.6. The Morgan fingerprint density at radius 2 is 1.68 bits per heavy atom. The fraction of sp³-hybridized carbons (Fsp3) is 0.176. The molecule has 0 radical (unpaired) electrons. The summed E-state index contributed by atoms with van der Waals surface area (Å²) in [7, 11) is 1.59. The third-order valence-corrected chi connectivity index (χ3v) is 3.15. The van der Waals surface area contributed by atoms with Gasteiger partial charge in [0.1, 0.15) is 0 Å². The van der Waals surface area contributed by atoms with Crippen molar-refractivity contribution in [2.75, 3.05) is 24.2 Å². The number of anilines is 2. The molecule has 0 aliphatic carbocycles. The van der Waals surface area contributed by atoms with Crippen molar-refractivity contribution in [3.63, 3.8) is 0 Å². The number of benzene rings is 2. The standard InChI is InChI=1S/C17H19N3O2/c1-12-4-3-5-13(10-12)17(22)20-15-8-6-14(7-9-15)19-11-16(21)18-2/h3-10,19H,11H2,1-2H3,(H,18,21)(H,20,22). The predicted molar refractivity (Wildman–Crippen MR) is 88.1 cm³/mol. The van der Waals surface area contributed by atoms with Crippen molar-refractivity contribution in [1.82, 2.24) is 5.32 Å². The molecule has 0 spiro atoms. The lowest BCUT2D eigenvalue weighted by atomic mass is 10.1. The number of hydrogen-bond acceptors (Lipinski definition) is 3. The van der Waals surface area contributed by atoms with Crippen LogP contribution in [0.4, 0.5) is 11.4 Å². The zero-order chi connectivity index (χ0) is 15.9. The topological polar surface area (TPSA) is 70.2 Å². The molecule has 0 bridgehead atoms. The molecule has 0 fully saturated rings. The van der Waals surface area contributed by atoms with Crippen molar-refractivity contribution >= 4 is 23.2 Å². The number of carbonyl (C=O) groups is 2. The fourth-order valence-corrected chi connectivity index (χ4v) is 1.93. The Labute approximate surface area is 129 Å². The largest absolute Gasteiger partial charge is 0.376 e. The first-order valence-corrected chi connectivity index (χ1v) is 7.01. The number of amides is 2. The lowest BCUT2D eigenvalue weighted by Gasteiger charge is -2.08. The van der Waals surface area contributed by atoms with Crippen LogP contribution in [-0.2, 0) is 4.79 Å². The zero-order valence-electron chi connectivity index (χ0n) is 12.6. The number of likely N-dealkylation sites (N-methyl/N-ethyl adjacent to an activating group) is 1. The van der Waals surface area contributed by atoms with Crippen LogP contribution in [0.2, 0.25) is 0 Å². The third kappa shape index (κ3) is 4.34. The first-order valence-electron chi connectivity index (χ1n) is 7.01. The van der Waals surface area contributed by atoms with Crippen molar-refractivity contribution in [3.05, 3.63) is 59.7 Å². The van der Waals surface area contributed by atoms with Gasteiger partial charge < -0.3 is 16.0 Å². The van der Waals surface area contributed by atoms with Gasteiger partial charge in [-0.25, -0.2) is 0 Å². The molecule has 0 aliphatic rings. The molecule has 0 atom stereocenters. The highest BCUT2D eigenvalue weighted by atomic mass is 16.2.